The number of rotatable bonds is 4. The van der Waals surface area contributed by atoms with E-state index in [1.54, 1.807) is 42.5 Å². The molecule has 1 saturated heterocycles. The third-order valence-electron chi connectivity index (χ3n) is 3.63. The van der Waals surface area contributed by atoms with Crippen molar-refractivity contribution in [1.29, 1.82) is 0 Å². The van der Waals surface area contributed by atoms with E-state index in [0.29, 0.717) is 28.6 Å². The van der Waals surface area contributed by atoms with Crippen molar-refractivity contribution >= 4 is 52.5 Å². The summed E-state index contributed by atoms with van der Waals surface area (Å²) in [4.78, 5) is 26.5. The van der Waals surface area contributed by atoms with Gasteiger partial charge >= 0.3 is 0 Å². The molecule has 0 aliphatic carbocycles. The highest BCUT2D eigenvalue weighted by Crippen LogP contribution is 2.25. The first-order chi connectivity index (χ1) is 12.5. The van der Waals surface area contributed by atoms with Crippen molar-refractivity contribution in [2.45, 2.75) is 6.92 Å². The predicted octanol–water partition coefficient (Wildman–Crippen LogP) is 3.57. The van der Waals surface area contributed by atoms with Crippen LogP contribution in [0.1, 0.15) is 12.5 Å². The number of para-hydroxylation sites is 1. The minimum Gasteiger partial charge on any atom is -0.494 e. The van der Waals surface area contributed by atoms with E-state index in [-0.39, 0.29) is 10.7 Å². The first kappa shape index (κ1) is 18.1. The molecule has 2 amide bonds. The number of hydrogen-bond acceptors (Lipinski definition) is 4. The Kier molecular flexibility index (Phi) is 5.35. The van der Waals surface area contributed by atoms with Crippen LogP contribution in [0.5, 0.6) is 5.75 Å². The number of ether oxygens (including phenoxy) is 1. The van der Waals surface area contributed by atoms with Crippen LogP contribution in [0.2, 0.25) is 5.02 Å². The summed E-state index contributed by atoms with van der Waals surface area (Å²) in [7, 11) is 0. The number of benzene rings is 2. The van der Waals surface area contributed by atoms with E-state index >= 15 is 0 Å². The van der Waals surface area contributed by atoms with Crippen LogP contribution in [0.4, 0.5) is 5.69 Å². The summed E-state index contributed by atoms with van der Waals surface area (Å²) in [5.74, 6) is -0.487. The molecule has 26 heavy (non-hydrogen) atoms. The molecular formula is C19H15ClN2O3S. The van der Waals surface area contributed by atoms with Crippen molar-refractivity contribution in [2.24, 2.45) is 0 Å². The van der Waals surface area contributed by atoms with Crippen molar-refractivity contribution in [3.05, 3.63) is 64.7 Å². The van der Waals surface area contributed by atoms with Crippen LogP contribution in [0, 0.1) is 0 Å². The molecule has 132 valence electrons. The zero-order valence-corrected chi connectivity index (χ0v) is 15.4. The molecule has 0 unspecified atom stereocenters. The highest BCUT2D eigenvalue weighted by atomic mass is 35.5. The average molecular weight is 387 g/mol. The molecule has 0 aromatic heterocycles. The molecule has 1 aliphatic rings. The van der Waals surface area contributed by atoms with Gasteiger partial charge in [-0.2, -0.15) is 0 Å². The quantitative estimate of drug-likeness (QED) is 0.496. The van der Waals surface area contributed by atoms with Gasteiger partial charge < -0.3 is 4.74 Å². The second-order valence-corrected chi connectivity index (χ2v) is 6.27. The third-order valence-corrected chi connectivity index (χ3v) is 4.13. The topological polar surface area (TPSA) is 58.6 Å². The van der Waals surface area contributed by atoms with Gasteiger partial charge in [-0.05, 0) is 61.1 Å². The first-order valence-corrected chi connectivity index (χ1v) is 8.68. The standard InChI is InChI=1S/C19H15ClN2O3S/c1-2-25-15-9-12(8-13(20)11-15)10-16-17(23)21-19(26)22(18(16)24)14-6-4-3-5-7-14/h3-11H,2H2,1H3,(H,21,23,26)/b16-10-. The number of nitrogens with zero attached hydrogens (tertiary/aromatic N) is 1. The van der Waals surface area contributed by atoms with Gasteiger partial charge in [0.05, 0.1) is 12.3 Å². The van der Waals surface area contributed by atoms with Gasteiger partial charge in [-0.15, -0.1) is 0 Å². The number of carbonyl (C=O) groups is 2. The second-order valence-electron chi connectivity index (χ2n) is 5.45. The van der Waals surface area contributed by atoms with Gasteiger partial charge in [-0.25, -0.2) is 0 Å². The van der Waals surface area contributed by atoms with E-state index < -0.39 is 11.8 Å². The minimum atomic E-state index is -0.551. The SMILES string of the molecule is CCOc1cc(Cl)cc(/C=C2/C(=O)NC(=S)N(c3ccccc3)C2=O)c1. The van der Waals surface area contributed by atoms with E-state index in [0.717, 1.165) is 0 Å². The number of anilines is 1. The van der Waals surface area contributed by atoms with Gasteiger partial charge in [0, 0.05) is 5.02 Å². The molecule has 0 bridgehead atoms. The molecule has 7 heteroatoms. The number of carbonyl (C=O) groups excluding carboxylic acids is 2. The Hall–Kier alpha value is -2.70. The molecule has 3 rings (SSSR count). The summed E-state index contributed by atoms with van der Waals surface area (Å²) in [6.45, 7) is 2.33. The molecule has 1 N–H and O–H groups in total. The van der Waals surface area contributed by atoms with Gasteiger partial charge in [0.25, 0.3) is 11.8 Å². The fraction of sp³-hybridized carbons (Fsp3) is 0.105. The van der Waals surface area contributed by atoms with E-state index in [4.69, 9.17) is 28.6 Å². The summed E-state index contributed by atoms with van der Waals surface area (Å²) >= 11 is 11.3. The van der Waals surface area contributed by atoms with E-state index in [2.05, 4.69) is 5.32 Å². The molecule has 0 spiro atoms. The van der Waals surface area contributed by atoms with Crippen molar-refractivity contribution in [2.75, 3.05) is 11.5 Å². The maximum atomic E-state index is 12.9. The lowest BCUT2D eigenvalue weighted by molar-refractivity contribution is -0.122. The molecular weight excluding hydrogens is 372 g/mol. The largest absolute Gasteiger partial charge is 0.494 e. The average Bonchev–Trinajstić information content (AvgIpc) is 2.59. The molecule has 2 aromatic rings. The number of hydrogen-bond donors (Lipinski definition) is 1. The van der Waals surface area contributed by atoms with E-state index in [1.807, 2.05) is 13.0 Å². The third kappa shape index (κ3) is 3.76. The van der Waals surface area contributed by atoms with Crippen LogP contribution in [0.25, 0.3) is 6.08 Å². The van der Waals surface area contributed by atoms with Gasteiger partial charge in [-0.1, -0.05) is 29.8 Å². The van der Waals surface area contributed by atoms with Crippen molar-refractivity contribution in [3.8, 4) is 5.75 Å². The summed E-state index contributed by atoms with van der Waals surface area (Å²) in [6.07, 6.45) is 1.48. The number of thiocarbonyl (C=S) groups is 1. The monoisotopic (exact) mass is 386 g/mol. The van der Waals surface area contributed by atoms with Crippen LogP contribution in [0.15, 0.2) is 54.1 Å². The normalized spacial score (nSPS) is 16.0. The molecule has 1 fully saturated rings. The Morgan fingerprint density at radius 2 is 1.92 bits per heavy atom. The Morgan fingerprint density at radius 3 is 2.62 bits per heavy atom. The van der Waals surface area contributed by atoms with Gasteiger partial charge in [-0.3, -0.25) is 19.8 Å². The molecule has 0 saturated carbocycles. The Balaban J connectivity index is 2.01. The van der Waals surface area contributed by atoms with E-state index in [1.165, 1.54) is 11.0 Å². The summed E-state index contributed by atoms with van der Waals surface area (Å²) in [6, 6.07) is 13.9. The van der Waals surface area contributed by atoms with Gasteiger partial charge in [0.15, 0.2) is 5.11 Å². The molecule has 0 atom stereocenters. The van der Waals surface area contributed by atoms with Gasteiger partial charge in [0.2, 0.25) is 0 Å². The molecule has 1 aliphatic heterocycles. The fourth-order valence-corrected chi connectivity index (χ4v) is 3.07. The number of amides is 2. The van der Waals surface area contributed by atoms with Crippen LogP contribution in [0.3, 0.4) is 0 Å². The Morgan fingerprint density at radius 1 is 1.19 bits per heavy atom. The second kappa shape index (κ2) is 7.68. The molecule has 2 aromatic carbocycles. The summed E-state index contributed by atoms with van der Waals surface area (Å²) in [5.41, 5.74) is 1.13. The maximum absolute atomic E-state index is 12.9. The molecule has 1 heterocycles. The molecule has 5 nitrogen and oxygen atoms in total. The smallest absolute Gasteiger partial charge is 0.270 e. The van der Waals surface area contributed by atoms with Crippen molar-refractivity contribution in [3.63, 3.8) is 0 Å². The van der Waals surface area contributed by atoms with Crippen LogP contribution in [-0.2, 0) is 9.59 Å². The number of nitrogens with one attached hydrogen (secondary N) is 1. The van der Waals surface area contributed by atoms with Crippen LogP contribution in [-0.4, -0.2) is 23.5 Å². The van der Waals surface area contributed by atoms with E-state index in [9.17, 15) is 9.59 Å². The lowest BCUT2D eigenvalue weighted by Crippen LogP contribution is -2.54. The predicted molar refractivity (Wildman–Crippen MR) is 105 cm³/mol. The Bertz CT molecular complexity index is 912. The first-order valence-electron chi connectivity index (χ1n) is 7.89. The zero-order chi connectivity index (χ0) is 18.7. The fourth-order valence-electron chi connectivity index (χ4n) is 2.55. The number of halogens is 1. The summed E-state index contributed by atoms with van der Waals surface area (Å²) < 4.78 is 5.45. The Labute approximate surface area is 161 Å². The van der Waals surface area contributed by atoms with Crippen LogP contribution >= 0.6 is 23.8 Å². The summed E-state index contributed by atoms with van der Waals surface area (Å²) in [5, 5.41) is 3.04. The lowest BCUT2D eigenvalue weighted by Gasteiger charge is -2.28. The van der Waals surface area contributed by atoms with Crippen molar-refractivity contribution < 1.29 is 14.3 Å². The van der Waals surface area contributed by atoms with Gasteiger partial charge in [0.1, 0.15) is 11.3 Å². The van der Waals surface area contributed by atoms with Crippen molar-refractivity contribution in [1.82, 2.24) is 5.32 Å². The minimum absolute atomic E-state index is 0.0350. The highest BCUT2D eigenvalue weighted by molar-refractivity contribution is 7.80. The lowest BCUT2D eigenvalue weighted by atomic mass is 10.1. The zero-order valence-electron chi connectivity index (χ0n) is 13.9. The molecule has 0 radical (unpaired) electrons. The highest BCUT2D eigenvalue weighted by Gasteiger charge is 2.34. The van der Waals surface area contributed by atoms with Crippen LogP contribution < -0.4 is 15.0 Å². The maximum Gasteiger partial charge on any atom is 0.270 e.